The van der Waals surface area contributed by atoms with Gasteiger partial charge in [0, 0.05) is 6.92 Å². The molecule has 0 bridgehead atoms. The molecule has 1 unspecified atom stereocenters. The monoisotopic (exact) mass is 163 g/mol. The van der Waals surface area contributed by atoms with Crippen molar-refractivity contribution in [1.82, 2.24) is 0 Å². The number of nitrogens with zero attached hydrogens (tertiary/aromatic N) is 1. The van der Waals surface area contributed by atoms with Crippen molar-refractivity contribution < 1.29 is 5.11 Å². The minimum Gasteiger partial charge on any atom is -0.389 e. The van der Waals surface area contributed by atoms with Gasteiger partial charge in [0.1, 0.15) is 0 Å². The van der Waals surface area contributed by atoms with E-state index in [1.165, 1.54) is 6.92 Å². The molecule has 64 valence electrons. The molecule has 12 heavy (non-hydrogen) atoms. The van der Waals surface area contributed by atoms with E-state index in [0.717, 1.165) is 5.56 Å². The molecule has 0 fully saturated rings. The predicted octanol–water partition coefficient (Wildman–Crippen LogP) is 2.27. The van der Waals surface area contributed by atoms with Gasteiger partial charge in [-0.25, -0.2) is 0 Å². The van der Waals surface area contributed by atoms with Crippen LogP contribution >= 0.6 is 0 Å². The second kappa shape index (κ2) is 6.38. The van der Waals surface area contributed by atoms with Gasteiger partial charge in [0.05, 0.1) is 12.2 Å². The first-order chi connectivity index (χ1) is 5.72. The molecule has 0 aliphatic carbocycles. The number of aliphatic hydroxyl groups is 1. The summed E-state index contributed by atoms with van der Waals surface area (Å²) in [6, 6.07) is 11.3. The van der Waals surface area contributed by atoms with E-state index in [0.29, 0.717) is 0 Å². The van der Waals surface area contributed by atoms with Crippen molar-refractivity contribution in [3.8, 4) is 6.07 Å². The van der Waals surface area contributed by atoms with Gasteiger partial charge in [-0.1, -0.05) is 30.3 Å². The van der Waals surface area contributed by atoms with E-state index in [-0.39, 0.29) is 6.10 Å². The molecule has 0 saturated carbocycles. The third-order valence-corrected chi connectivity index (χ3v) is 1.28. The first-order valence-electron chi connectivity index (χ1n) is 3.76. The lowest BCUT2D eigenvalue weighted by Gasteiger charge is -2.00. The zero-order chi connectivity index (χ0) is 9.40. The molecule has 0 radical (unpaired) electrons. The number of hydrogen-bond donors (Lipinski definition) is 1. The van der Waals surface area contributed by atoms with E-state index >= 15 is 0 Å². The second-order valence-electron chi connectivity index (χ2n) is 2.31. The maximum atomic E-state index is 9.02. The van der Waals surface area contributed by atoms with Crippen LogP contribution in [0.5, 0.6) is 0 Å². The third-order valence-electron chi connectivity index (χ3n) is 1.28. The van der Waals surface area contributed by atoms with Crippen molar-refractivity contribution in [2.45, 2.75) is 20.0 Å². The Morgan fingerprint density at radius 2 is 1.75 bits per heavy atom. The van der Waals surface area contributed by atoms with Crippen LogP contribution in [0.3, 0.4) is 0 Å². The quantitative estimate of drug-likeness (QED) is 0.690. The van der Waals surface area contributed by atoms with Crippen LogP contribution in [0.4, 0.5) is 0 Å². The molecule has 2 nitrogen and oxygen atoms in total. The SMILES string of the molecule is CC#N.CC(O)c1ccccc1. The van der Waals surface area contributed by atoms with Crippen LogP contribution in [0.2, 0.25) is 0 Å². The maximum Gasteiger partial charge on any atom is 0.0761 e. The lowest BCUT2D eigenvalue weighted by Crippen LogP contribution is -1.87. The average molecular weight is 163 g/mol. The molecule has 1 rings (SSSR count). The molecule has 0 amide bonds. The molecular weight excluding hydrogens is 150 g/mol. The largest absolute Gasteiger partial charge is 0.389 e. The van der Waals surface area contributed by atoms with Gasteiger partial charge in [-0.3, -0.25) is 0 Å². The zero-order valence-corrected chi connectivity index (χ0v) is 7.36. The number of hydrogen-bond acceptors (Lipinski definition) is 2. The fraction of sp³-hybridized carbons (Fsp3) is 0.300. The molecular formula is C10H13NO. The van der Waals surface area contributed by atoms with E-state index in [1.807, 2.05) is 30.3 Å². The summed E-state index contributed by atoms with van der Waals surface area (Å²) in [4.78, 5) is 0. The van der Waals surface area contributed by atoms with Gasteiger partial charge < -0.3 is 5.11 Å². The van der Waals surface area contributed by atoms with E-state index in [2.05, 4.69) is 0 Å². The molecule has 0 heterocycles. The Bertz CT molecular complexity index is 236. The van der Waals surface area contributed by atoms with Crippen molar-refractivity contribution in [1.29, 1.82) is 5.26 Å². The van der Waals surface area contributed by atoms with Crippen molar-refractivity contribution in [3.05, 3.63) is 35.9 Å². The first-order valence-corrected chi connectivity index (χ1v) is 3.76. The van der Waals surface area contributed by atoms with Crippen LogP contribution in [0.15, 0.2) is 30.3 Å². The van der Waals surface area contributed by atoms with Crippen LogP contribution in [-0.4, -0.2) is 5.11 Å². The van der Waals surface area contributed by atoms with Crippen LogP contribution in [0.1, 0.15) is 25.5 Å². The van der Waals surface area contributed by atoms with Gasteiger partial charge in [-0.2, -0.15) is 5.26 Å². The standard InChI is InChI=1S/C8H10O.C2H3N/c1-7(9)8-5-3-2-4-6-8;1-2-3/h2-7,9H,1H3;1H3. The molecule has 2 heteroatoms. The Hall–Kier alpha value is -1.33. The zero-order valence-electron chi connectivity index (χ0n) is 7.36. The van der Waals surface area contributed by atoms with Gasteiger partial charge >= 0.3 is 0 Å². The van der Waals surface area contributed by atoms with Gasteiger partial charge in [-0.05, 0) is 12.5 Å². The maximum absolute atomic E-state index is 9.02. The molecule has 0 saturated heterocycles. The lowest BCUT2D eigenvalue weighted by molar-refractivity contribution is 0.199. The normalized spacial score (nSPS) is 10.5. The summed E-state index contributed by atoms with van der Waals surface area (Å²) in [5.41, 5.74) is 0.970. The van der Waals surface area contributed by atoms with Crippen LogP contribution in [0.25, 0.3) is 0 Å². The molecule has 1 aromatic rings. The van der Waals surface area contributed by atoms with Gasteiger partial charge in [0.2, 0.25) is 0 Å². The van der Waals surface area contributed by atoms with Crippen molar-refractivity contribution in [2.75, 3.05) is 0 Å². The van der Waals surface area contributed by atoms with Crippen LogP contribution in [-0.2, 0) is 0 Å². The van der Waals surface area contributed by atoms with Crippen LogP contribution < -0.4 is 0 Å². The summed E-state index contributed by atoms with van der Waals surface area (Å²) in [6.45, 7) is 3.19. The smallest absolute Gasteiger partial charge is 0.0761 e. The van der Waals surface area contributed by atoms with E-state index in [1.54, 1.807) is 13.0 Å². The fourth-order valence-electron chi connectivity index (χ4n) is 0.732. The summed E-state index contributed by atoms with van der Waals surface area (Å²) in [7, 11) is 0. The molecule has 0 spiro atoms. The first kappa shape index (κ1) is 10.7. The van der Waals surface area contributed by atoms with Crippen LogP contribution in [0, 0.1) is 11.3 Å². The highest BCUT2D eigenvalue weighted by Gasteiger charge is 1.95. The molecule has 0 aliphatic heterocycles. The molecule has 1 atom stereocenters. The number of nitriles is 1. The number of aliphatic hydroxyl groups excluding tert-OH is 1. The van der Waals surface area contributed by atoms with Gasteiger partial charge in [0.15, 0.2) is 0 Å². The van der Waals surface area contributed by atoms with Gasteiger partial charge in [-0.15, -0.1) is 0 Å². The number of benzene rings is 1. The Labute approximate surface area is 73.1 Å². The Morgan fingerprint density at radius 1 is 1.33 bits per heavy atom. The average Bonchev–Trinajstić information content (AvgIpc) is 2.07. The highest BCUT2D eigenvalue weighted by molar-refractivity contribution is 5.16. The fourth-order valence-corrected chi connectivity index (χ4v) is 0.732. The third kappa shape index (κ3) is 4.48. The molecule has 0 aromatic heterocycles. The second-order valence-corrected chi connectivity index (χ2v) is 2.31. The number of rotatable bonds is 1. The highest BCUT2D eigenvalue weighted by atomic mass is 16.3. The van der Waals surface area contributed by atoms with Crippen molar-refractivity contribution in [3.63, 3.8) is 0 Å². The van der Waals surface area contributed by atoms with Crippen molar-refractivity contribution in [2.24, 2.45) is 0 Å². The summed E-state index contributed by atoms with van der Waals surface area (Å²) in [6.07, 6.45) is -0.341. The Morgan fingerprint density at radius 3 is 2.00 bits per heavy atom. The minimum absolute atomic E-state index is 0.341. The highest BCUT2D eigenvalue weighted by Crippen LogP contribution is 2.08. The summed E-state index contributed by atoms with van der Waals surface area (Å²) >= 11 is 0. The predicted molar refractivity (Wildman–Crippen MR) is 48.4 cm³/mol. The Balaban J connectivity index is 0.000000354. The molecule has 0 aliphatic rings. The summed E-state index contributed by atoms with van der Waals surface area (Å²) < 4.78 is 0. The summed E-state index contributed by atoms with van der Waals surface area (Å²) in [5.74, 6) is 0. The van der Waals surface area contributed by atoms with Gasteiger partial charge in [0.25, 0.3) is 0 Å². The van der Waals surface area contributed by atoms with E-state index in [4.69, 9.17) is 10.4 Å². The van der Waals surface area contributed by atoms with E-state index < -0.39 is 0 Å². The van der Waals surface area contributed by atoms with Crippen molar-refractivity contribution >= 4 is 0 Å². The molecule has 1 N–H and O–H groups in total. The van der Waals surface area contributed by atoms with E-state index in [9.17, 15) is 0 Å². The molecule has 1 aromatic carbocycles. The Kier molecular flexibility index (Phi) is 5.68. The summed E-state index contributed by atoms with van der Waals surface area (Å²) in [5, 5.41) is 16.3. The topological polar surface area (TPSA) is 44.0 Å². The minimum atomic E-state index is -0.341. The lowest BCUT2D eigenvalue weighted by atomic mass is 10.1.